The van der Waals surface area contributed by atoms with Gasteiger partial charge in [-0.3, -0.25) is 14.5 Å². The number of hydrogen-bond acceptors (Lipinski definition) is 3. The fourth-order valence-electron chi connectivity index (χ4n) is 3.43. The van der Waals surface area contributed by atoms with Gasteiger partial charge in [0.25, 0.3) is 5.91 Å². The molecule has 0 saturated carbocycles. The highest BCUT2D eigenvalue weighted by Crippen LogP contribution is 2.25. The van der Waals surface area contributed by atoms with Gasteiger partial charge in [-0.25, -0.2) is 0 Å². The minimum atomic E-state index is -0.140. The Morgan fingerprint density at radius 3 is 2.37 bits per heavy atom. The molecule has 0 unspecified atom stereocenters. The molecule has 2 aromatic carbocycles. The molecule has 5 nitrogen and oxygen atoms in total. The van der Waals surface area contributed by atoms with Crippen LogP contribution in [0.2, 0.25) is 0 Å². The van der Waals surface area contributed by atoms with E-state index in [4.69, 9.17) is 0 Å². The highest BCUT2D eigenvalue weighted by molar-refractivity contribution is 5.95. The smallest absolute Gasteiger partial charge is 0.251 e. The number of fused-ring (bicyclic) bond motifs is 1. The lowest BCUT2D eigenvalue weighted by Crippen LogP contribution is -2.53. The van der Waals surface area contributed by atoms with Crippen LogP contribution in [0.1, 0.15) is 42.3 Å². The van der Waals surface area contributed by atoms with Crippen LogP contribution >= 0.6 is 0 Å². The molecule has 1 aliphatic rings. The summed E-state index contributed by atoms with van der Waals surface area (Å²) in [5, 5.41) is 5.75. The van der Waals surface area contributed by atoms with Crippen molar-refractivity contribution in [1.82, 2.24) is 10.2 Å². The Hall–Kier alpha value is -2.66. The third-order valence-corrected chi connectivity index (χ3v) is 5.14. The summed E-state index contributed by atoms with van der Waals surface area (Å²) in [4.78, 5) is 26.0. The summed E-state index contributed by atoms with van der Waals surface area (Å²) in [6.45, 7) is 8.26. The van der Waals surface area contributed by atoms with Gasteiger partial charge in [-0.2, -0.15) is 0 Å². The average Bonchev–Trinajstić information content (AvgIpc) is 2.66. The molecule has 5 heteroatoms. The highest BCUT2D eigenvalue weighted by atomic mass is 16.2. The molecule has 0 radical (unpaired) electrons. The molecule has 2 aromatic rings. The Labute approximate surface area is 160 Å². The number of nitrogens with zero attached hydrogens (tertiary/aromatic N) is 1. The average molecular weight is 365 g/mol. The second kappa shape index (κ2) is 7.92. The maximum absolute atomic E-state index is 12.5. The normalized spacial score (nSPS) is 14.3. The van der Waals surface area contributed by atoms with Crippen LogP contribution in [0.15, 0.2) is 48.5 Å². The number of benzene rings is 2. The molecular formula is C22H27N3O2. The lowest BCUT2D eigenvalue weighted by atomic mass is 9.94. The monoisotopic (exact) mass is 365 g/mol. The van der Waals surface area contributed by atoms with Gasteiger partial charge in [-0.05, 0) is 55.7 Å². The first-order valence-corrected chi connectivity index (χ1v) is 9.33. The number of amides is 2. The summed E-state index contributed by atoms with van der Waals surface area (Å²) in [6, 6.07) is 15.5. The van der Waals surface area contributed by atoms with Gasteiger partial charge in [0.1, 0.15) is 0 Å². The Bertz CT molecular complexity index is 828. The maximum atomic E-state index is 12.5. The van der Waals surface area contributed by atoms with Crippen LogP contribution in [-0.2, 0) is 17.8 Å². The quantitative estimate of drug-likeness (QED) is 0.855. The largest absolute Gasteiger partial charge is 0.350 e. The Balaban J connectivity index is 1.58. The van der Waals surface area contributed by atoms with Gasteiger partial charge in [0.05, 0.1) is 0 Å². The van der Waals surface area contributed by atoms with Crippen molar-refractivity contribution in [2.24, 2.45) is 0 Å². The lowest BCUT2D eigenvalue weighted by molar-refractivity contribution is -0.114. The second-order valence-corrected chi connectivity index (χ2v) is 7.69. The van der Waals surface area contributed by atoms with E-state index >= 15 is 0 Å². The van der Waals surface area contributed by atoms with Crippen LogP contribution in [0, 0.1) is 0 Å². The van der Waals surface area contributed by atoms with Crippen molar-refractivity contribution in [3.05, 3.63) is 65.2 Å². The van der Waals surface area contributed by atoms with Crippen LogP contribution in [0.4, 0.5) is 5.69 Å². The van der Waals surface area contributed by atoms with Crippen LogP contribution < -0.4 is 10.6 Å². The van der Waals surface area contributed by atoms with E-state index in [2.05, 4.69) is 53.6 Å². The number of carbonyl (C=O) groups is 2. The number of nitrogens with one attached hydrogen (secondary N) is 2. The summed E-state index contributed by atoms with van der Waals surface area (Å²) >= 11 is 0. The molecule has 0 aliphatic carbocycles. The van der Waals surface area contributed by atoms with Crippen molar-refractivity contribution < 1.29 is 9.59 Å². The lowest BCUT2D eigenvalue weighted by Gasteiger charge is -2.41. The van der Waals surface area contributed by atoms with Crippen LogP contribution in [-0.4, -0.2) is 35.3 Å². The number of carbonyl (C=O) groups excluding carboxylic acids is 2. The molecule has 1 aliphatic heterocycles. The SMILES string of the molecule is CC(=O)Nc1ccc(C(=O)NCC(C)(C)N2CCc3ccccc3C2)cc1. The Kier molecular flexibility index (Phi) is 5.61. The standard InChI is InChI=1S/C22H27N3O2/c1-16(26)24-20-10-8-18(9-11-20)21(27)23-15-22(2,3)25-13-12-17-6-4-5-7-19(17)14-25/h4-11H,12-15H2,1-3H3,(H,23,27)(H,24,26). The van der Waals surface area contributed by atoms with E-state index in [-0.39, 0.29) is 17.4 Å². The van der Waals surface area contributed by atoms with Crippen molar-refractivity contribution in [1.29, 1.82) is 0 Å². The van der Waals surface area contributed by atoms with Crippen molar-refractivity contribution in [3.63, 3.8) is 0 Å². The molecule has 142 valence electrons. The second-order valence-electron chi connectivity index (χ2n) is 7.69. The van der Waals surface area contributed by atoms with E-state index < -0.39 is 0 Å². The topological polar surface area (TPSA) is 61.4 Å². The maximum Gasteiger partial charge on any atom is 0.251 e. The predicted molar refractivity (Wildman–Crippen MR) is 108 cm³/mol. The van der Waals surface area contributed by atoms with E-state index in [1.54, 1.807) is 24.3 Å². The zero-order valence-electron chi connectivity index (χ0n) is 16.2. The summed E-state index contributed by atoms with van der Waals surface area (Å²) in [5.74, 6) is -0.230. The molecule has 2 N–H and O–H groups in total. The number of hydrogen-bond donors (Lipinski definition) is 2. The molecular weight excluding hydrogens is 338 g/mol. The van der Waals surface area contributed by atoms with Crippen molar-refractivity contribution in [3.8, 4) is 0 Å². The summed E-state index contributed by atoms with van der Waals surface area (Å²) in [6.07, 6.45) is 1.04. The van der Waals surface area contributed by atoms with Gasteiger partial charge in [0.15, 0.2) is 0 Å². The van der Waals surface area contributed by atoms with E-state index in [0.717, 1.165) is 19.5 Å². The van der Waals surface area contributed by atoms with E-state index in [9.17, 15) is 9.59 Å². The summed E-state index contributed by atoms with van der Waals surface area (Å²) < 4.78 is 0. The van der Waals surface area contributed by atoms with Gasteiger partial charge in [-0.15, -0.1) is 0 Å². The molecule has 27 heavy (non-hydrogen) atoms. The van der Waals surface area contributed by atoms with Crippen LogP contribution in [0.25, 0.3) is 0 Å². The molecule has 0 spiro atoms. The highest BCUT2D eigenvalue weighted by Gasteiger charge is 2.30. The van der Waals surface area contributed by atoms with Crippen LogP contribution in [0.3, 0.4) is 0 Å². The van der Waals surface area contributed by atoms with Gasteiger partial charge in [0, 0.05) is 43.3 Å². The van der Waals surface area contributed by atoms with Gasteiger partial charge < -0.3 is 10.6 Å². The molecule has 1 heterocycles. The van der Waals surface area contributed by atoms with Crippen molar-refractivity contribution in [2.45, 2.75) is 39.3 Å². The number of rotatable bonds is 5. The van der Waals surface area contributed by atoms with E-state index in [0.29, 0.717) is 17.8 Å². The van der Waals surface area contributed by atoms with Crippen molar-refractivity contribution >= 4 is 17.5 Å². The van der Waals surface area contributed by atoms with Crippen LogP contribution in [0.5, 0.6) is 0 Å². The van der Waals surface area contributed by atoms with Gasteiger partial charge in [0.2, 0.25) is 5.91 Å². The van der Waals surface area contributed by atoms with Crippen molar-refractivity contribution in [2.75, 3.05) is 18.4 Å². The van der Waals surface area contributed by atoms with E-state index in [1.165, 1.54) is 18.1 Å². The Morgan fingerprint density at radius 2 is 1.70 bits per heavy atom. The van der Waals surface area contributed by atoms with E-state index in [1.807, 2.05) is 0 Å². The summed E-state index contributed by atoms with van der Waals surface area (Å²) in [5.41, 5.74) is 3.93. The zero-order valence-corrected chi connectivity index (χ0v) is 16.2. The predicted octanol–water partition coefficient (Wildman–Crippen LogP) is 3.21. The molecule has 0 bridgehead atoms. The molecule has 0 saturated heterocycles. The molecule has 0 aromatic heterocycles. The first kappa shape index (κ1) is 19.1. The third kappa shape index (κ3) is 4.74. The molecule has 0 fully saturated rings. The fraction of sp³-hybridized carbons (Fsp3) is 0.364. The Morgan fingerprint density at radius 1 is 1.04 bits per heavy atom. The molecule has 2 amide bonds. The van der Waals surface area contributed by atoms with Gasteiger partial charge >= 0.3 is 0 Å². The van der Waals surface area contributed by atoms with Gasteiger partial charge in [-0.1, -0.05) is 24.3 Å². The third-order valence-electron chi connectivity index (χ3n) is 5.14. The fourth-order valence-corrected chi connectivity index (χ4v) is 3.43. The first-order valence-electron chi connectivity index (χ1n) is 9.33. The minimum absolute atomic E-state index is 0.102. The minimum Gasteiger partial charge on any atom is -0.350 e. The molecule has 3 rings (SSSR count). The number of anilines is 1. The first-order chi connectivity index (χ1) is 12.8. The zero-order chi connectivity index (χ0) is 19.4. The summed E-state index contributed by atoms with van der Waals surface area (Å²) in [7, 11) is 0. The molecule has 0 atom stereocenters.